The summed E-state index contributed by atoms with van der Waals surface area (Å²) in [6.45, 7) is 2.83. The molecule has 0 saturated carbocycles. The molecule has 3 aromatic rings. The van der Waals surface area contributed by atoms with Crippen LogP contribution >= 0.6 is 0 Å². The zero-order valence-electron chi connectivity index (χ0n) is 11.2. The van der Waals surface area contributed by atoms with Gasteiger partial charge in [0.15, 0.2) is 5.76 Å². The molecule has 2 heterocycles. The van der Waals surface area contributed by atoms with Crippen LogP contribution in [0.5, 0.6) is 0 Å². The zero-order valence-corrected chi connectivity index (χ0v) is 11.2. The number of rotatable bonds is 5. The molecule has 0 unspecified atom stereocenters. The van der Waals surface area contributed by atoms with E-state index in [4.69, 9.17) is 4.42 Å². The van der Waals surface area contributed by atoms with Gasteiger partial charge in [-0.3, -0.25) is 4.79 Å². The molecule has 5 nitrogen and oxygen atoms in total. The SMILES string of the molecule is CCCn1ncnc1CC(=O)c1cc2ccccc2o1. The molecule has 0 bridgehead atoms. The summed E-state index contributed by atoms with van der Waals surface area (Å²) in [4.78, 5) is 16.4. The number of aryl methyl sites for hydroxylation is 1. The molecule has 0 fully saturated rings. The van der Waals surface area contributed by atoms with E-state index in [0.717, 1.165) is 23.9 Å². The highest BCUT2D eigenvalue weighted by Gasteiger charge is 2.16. The molecule has 3 rings (SSSR count). The van der Waals surface area contributed by atoms with E-state index < -0.39 is 0 Å². The van der Waals surface area contributed by atoms with Crippen LogP contribution in [0.3, 0.4) is 0 Å². The molecule has 0 aliphatic carbocycles. The third-order valence-electron chi connectivity index (χ3n) is 3.15. The highest BCUT2D eigenvalue weighted by atomic mass is 16.3. The lowest BCUT2D eigenvalue weighted by Crippen LogP contribution is -2.11. The average molecular weight is 269 g/mol. The van der Waals surface area contributed by atoms with Gasteiger partial charge in [0.1, 0.15) is 17.7 Å². The molecule has 0 aliphatic heterocycles. The fourth-order valence-corrected chi connectivity index (χ4v) is 2.17. The molecule has 102 valence electrons. The van der Waals surface area contributed by atoms with Crippen molar-refractivity contribution in [2.45, 2.75) is 26.3 Å². The number of nitrogens with zero attached hydrogens (tertiary/aromatic N) is 3. The van der Waals surface area contributed by atoms with Crippen molar-refractivity contribution < 1.29 is 9.21 Å². The number of hydrogen-bond acceptors (Lipinski definition) is 4. The summed E-state index contributed by atoms with van der Waals surface area (Å²) in [5, 5.41) is 5.05. The second kappa shape index (κ2) is 5.28. The van der Waals surface area contributed by atoms with Crippen LogP contribution in [-0.4, -0.2) is 20.5 Å². The summed E-state index contributed by atoms with van der Waals surface area (Å²) in [5.74, 6) is 0.973. The van der Waals surface area contributed by atoms with Crippen molar-refractivity contribution in [3.8, 4) is 0 Å². The first kappa shape index (κ1) is 12.6. The number of benzene rings is 1. The van der Waals surface area contributed by atoms with E-state index in [-0.39, 0.29) is 12.2 Å². The van der Waals surface area contributed by atoms with Crippen molar-refractivity contribution in [2.75, 3.05) is 0 Å². The molecule has 0 saturated heterocycles. The maximum atomic E-state index is 12.3. The van der Waals surface area contributed by atoms with E-state index in [0.29, 0.717) is 11.6 Å². The van der Waals surface area contributed by atoms with Gasteiger partial charge in [-0.05, 0) is 18.6 Å². The lowest BCUT2D eigenvalue weighted by molar-refractivity contribution is 0.0964. The van der Waals surface area contributed by atoms with Gasteiger partial charge in [-0.2, -0.15) is 5.10 Å². The Balaban J connectivity index is 1.83. The zero-order chi connectivity index (χ0) is 13.9. The van der Waals surface area contributed by atoms with Crippen molar-refractivity contribution in [2.24, 2.45) is 0 Å². The fraction of sp³-hybridized carbons (Fsp3) is 0.267. The largest absolute Gasteiger partial charge is 0.453 e. The third kappa shape index (κ3) is 2.34. The summed E-state index contributed by atoms with van der Waals surface area (Å²) >= 11 is 0. The topological polar surface area (TPSA) is 60.9 Å². The maximum Gasteiger partial charge on any atom is 0.205 e. The second-order valence-electron chi connectivity index (χ2n) is 4.65. The first-order valence-corrected chi connectivity index (χ1v) is 6.66. The molecule has 0 amide bonds. The summed E-state index contributed by atoms with van der Waals surface area (Å²) in [5.41, 5.74) is 0.728. The van der Waals surface area contributed by atoms with Crippen LogP contribution in [0.1, 0.15) is 29.7 Å². The van der Waals surface area contributed by atoms with Crippen molar-refractivity contribution >= 4 is 16.8 Å². The molecular weight excluding hydrogens is 254 g/mol. The Kier molecular flexibility index (Phi) is 3.33. The summed E-state index contributed by atoms with van der Waals surface area (Å²) in [6, 6.07) is 9.36. The van der Waals surface area contributed by atoms with Crippen LogP contribution in [0.15, 0.2) is 41.1 Å². The van der Waals surface area contributed by atoms with Gasteiger partial charge >= 0.3 is 0 Å². The molecule has 1 aromatic carbocycles. The Labute approximate surface area is 116 Å². The third-order valence-corrected chi connectivity index (χ3v) is 3.15. The summed E-state index contributed by atoms with van der Waals surface area (Å²) < 4.78 is 7.34. The van der Waals surface area contributed by atoms with Gasteiger partial charge in [-0.1, -0.05) is 25.1 Å². The molecule has 0 radical (unpaired) electrons. The van der Waals surface area contributed by atoms with Crippen molar-refractivity contribution in [1.82, 2.24) is 14.8 Å². The van der Waals surface area contributed by atoms with Gasteiger partial charge in [0.2, 0.25) is 5.78 Å². The highest BCUT2D eigenvalue weighted by Crippen LogP contribution is 2.19. The number of carbonyl (C=O) groups excluding carboxylic acids is 1. The van der Waals surface area contributed by atoms with Crippen LogP contribution < -0.4 is 0 Å². The predicted molar refractivity (Wildman–Crippen MR) is 74.6 cm³/mol. The van der Waals surface area contributed by atoms with Gasteiger partial charge < -0.3 is 4.42 Å². The molecular formula is C15H15N3O2. The van der Waals surface area contributed by atoms with Crippen LogP contribution in [0, 0.1) is 0 Å². The highest BCUT2D eigenvalue weighted by molar-refractivity contribution is 5.98. The predicted octanol–water partition coefficient (Wildman–Crippen LogP) is 2.86. The minimum absolute atomic E-state index is 0.0773. The van der Waals surface area contributed by atoms with Crippen LogP contribution in [0.2, 0.25) is 0 Å². The second-order valence-corrected chi connectivity index (χ2v) is 4.65. The van der Waals surface area contributed by atoms with Crippen LogP contribution in [-0.2, 0) is 13.0 Å². The number of carbonyl (C=O) groups is 1. The maximum absolute atomic E-state index is 12.3. The number of Topliss-reactive ketones (excluding diaryl/α,β-unsaturated/α-hetero) is 1. The molecule has 0 aliphatic rings. The van der Waals surface area contributed by atoms with Gasteiger partial charge in [-0.15, -0.1) is 0 Å². The Morgan fingerprint density at radius 2 is 2.20 bits per heavy atom. The molecule has 0 spiro atoms. The van der Waals surface area contributed by atoms with E-state index in [1.54, 1.807) is 10.7 Å². The van der Waals surface area contributed by atoms with E-state index in [1.807, 2.05) is 24.3 Å². The molecule has 0 atom stereocenters. The first-order chi connectivity index (χ1) is 9.78. The summed E-state index contributed by atoms with van der Waals surface area (Å²) in [7, 11) is 0. The quantitative estimate of drug-likeness (QED) is 0.668. The number of aromatic nitrogens is 3. The Hall–Kier alpha value is -2.43. The number of hydrogen-bond donors (Lipinski definition) is 0. The van der Waals surface area contributed by atoms with Gasteiger partial charge in [0, 0.05) is 11.9 Å². The molecule has 5 heteroatoms. The van der Waals surface area contributed by atoms with Gasteiger partial charge in [0.05, 0.1) is 6.42 Å². The smallest absolute Gasteiger partial charge is 0.205 e. The van der Waals surface area contributed by atoms with Crippen molar-refractivity contribution in [3.05, 3.63) is 48.2 Å². The number of fused-ring (bicyclic) bond motifs is 1. The van der Waals surface area contributed by atoms with Crippen LogP contribution in [0.25, 0.3) is 11.0 Å². The molecule has 2 aromatic heterocycles. The minimum Gasteiger partial charge on any atom is -0.453 e. The number of para-hydroxylation sites is 1. The first-order valence-electron chi connectivity index (χ1n) is 6.66. The van der Waals surface area contributed by atoms with Crippen molar-refractivity contribution in [1.29, 1.82) is 0 Å². The number of furan rings is 1. The standard InChI is InChI=1S/C15H15N3O2/c1-2-7-18-15(16-10-17-18)9-12(19)14-8-11-5-3-4-6-13(11)20-14/h3-6,8,10H,2,7,9H2,1H3. The lowest BCUT2D eigenvalue weighted by atomic mass is 10.2. The Bertz CT molecular complexity index is 709. The lowest BCUT2D eigenvalue weighted by Gasteiger charge is -2.02. The van der Waals surface area contributed by atoms with Gasteiger partial charge in [0.25, 0.3) is 0 Å². The van der Waals surface area contributed by atoms with E-state index in [9.17, 15) is 4.79 Å². The average Bonchev–Trinajstić information content (AvgIpc) is 3.06. The fourth-order valence-electron chi connectivity index (χ4n) is 2.17. The van der Waals surface area contributed by atoms with Gasteiger partial charge in [-0.25, -0.2) is 9.67 Å². The van der Waals surface area contributed by atoms with E-state index in [2.05, 4.69) is 17.0 Å². The van der Waals surface area contributed by atoms with E-state index in [1.165, 1.54) is 6.33 Å². The molecule has 0 N–H and O–H groups in total. The number of ketones is 1. The summed E-state index contributed by atoms with van der Waals surface area (Å²) in [6.07, 6.45) is 2.64. The van der Waals surface area contributed by atoms with Crippen molar-refractivity contribution in [3.63, 3.8) is 0 Å². The Morgan fingerprint density at radius 3 is 3.00 bits per heavy atom. The van der Waals surface area contributed by atoms with E-state index >= 15 is 0 Å². The Morgan fingerprint density at radius 1 is 1.35 bits per heavy atom. The van der Waals surface area contributed by atoms with Crippen LogP contribution in [0.4, 0.5) is 0 Å². The minimum atomic E-state index is -0.0773. The monoisotopic (exact) mass is 269 g/mol. The normalized spacial score (nSPS) is 11.1. The molecule has 20 heavy (non-hydrogen) atoms.